The van der Waals surface area contributed by atoms with Crippen molar-refractivity contribution in [2.75, 3.05) is 7.05 Å². The topological polar surface area (TPSA) is 12.0 Å². The Hall–Kier alpha value is -0.0400. The SMILES string of the molecule is CCCC(CC)NC. The molecule has 0 amide bonds. The molecule has 8 heavy (non-hydrogen) atoms. The zero-order chi connectivity index (χ0) is 6.41. The lowest BCUT2D eigenvalue weighted by atomic mass is 10.1. The van der Waals surface area contributed by atoms with Crippen LogP contribution in [0.3, 0.4) is 0 Å². The van der Waals surface area contributed by atoms with Crippen LogP contribution in [0.15, 0.2) is 0 Å². The van der Waals surface area contributed by atoms with Gasteiger partial charge in [0.05, 0.1) is 0 Å². The van der Waals surface area contributed by atoms with Gasteiger partial charge in [0, 0.05) is 6.04 Å². The molecule has 0 aromatic heterocycles. The van der Waals surface area contributed by atoms with Crippen molar-refractivity contribution in [1.82, 2.24) is 5.32 Å². The van der Waals surface area contributed by atoms with Crippen LogP contribution >= 0.6 is 0 Å². The van der Waals surface area contributed by atoms with Gasteiger partial charge in [0.2, 0.25) is 0 Å². The van der Waals surface area contributed by atoms with E-state index in [1.165, 1.54) is 19.3 Å². The fraction of sp³-hybridized carbons (Fsp3) is 1.00. The fourth-order valence-electron chi connectivity index (χ4n) is 0.901. The molecule has 0 saturated heterocycles. The van der Waals surface area contributed by atoms with Crippen molar-refractivity contribution in [3.8, 4) is 0 Å². The third-order valence-electron chi connectivity index (χ3n) is 1.54. The summed E-state index contributed by atoms with van der Waals surface area (Å²) in [5.74, 6) is 0. The van der Waals surface area contributed by atoms with Crippen molar-refractivity contribution in [3.05, 3.63) is 0 Å². The second-order valence-corrected chi connectivity index (χ2v) is 2.18. The molecule has 50 valence electrons. The van der Waals surface area contributed by atoms with E-state index < -0.39 is 0 Å². The zero-order valence-corrected chi connectivity index (χ0v) is 6.20. The molecule has 1 N–H and O–H groups in total. The number of nitrogens with one attached hydrogen (secondary N) is 1. The van der Waals surface area contributed by atoms with E-state index >= 15 is 0 Å². The molecule has 0 rings (SSSR count). The minimum Gasteiger partial charge on any atom is -0.317 e. The van der Waals surface area contributed by atoms with Gasteiger partial charge >= 0.3 is 0 Å². The molecule has 0 fully saturated rings. The van der Waals surface area contributed by atoms with Crippen molar-refractivity contribution < 1.29 is 0 Å². The molecule has 1 unspecified atom stereocenters. The first-order chi connectivity index (χ1) is 3.85. The summed E-state index contributed by atoms with van der Waals surface area (Å²) in [6.07, 6.45) is 3.86. The van der Waals surface area contributed by atoms with Gasteiger partial charge < -0.3 is 5.32 Å². The summed E-state index contributed by atoms with van der Waals surface area (Å²) in [7, 11) is 2.03. The highest BCUT2D eigenvalue weighted by Crippen LogP contribution is 1.98. The first-order valence-electron chi connectivity index (χ1n) is 3.52. The highest BCUT2D eigenvalue weighted by atomic mass is 14.9. The molecule has 0 aliphatic carbocycles. The monoisotopic (exact) mass is 115 g/mol. The summed E-state index contributed by atoms with van der Waals surface area (Å²) in [6.45, 7) is 4.44. The highest BCUT2D eigenvalue weighted by Gasteiger charge is 1.97. The van der Waals surface area contributed by atoms with Crippen LogP contribution in [-0.2, 0) is 0 Å². The maximum Gasteiger partial charge on any atom is 0.00613 e. The van der Waals surface area contributed by atoms with Crippen LogP contribution in [0.2, 0.25) is 0 Å². The Labute approximate surface area is 52.5 Å². The Kier molecular flexibility index (Phi) is 5.08. The van der Waals surface area contributed by atoms with Crippen LogP contribution in [0.25, 0.3) is 0 Å². The van der Waals surface area contributed by atoms with Gasteiger partial charge in [-0.3, -0.25) is 0 Å². The van der Waals surface area contributed by atoms with E-state index in [0.29, 0.717) is 0 Å². The van der Waals surface area contributed by atoms with Crippen LogP contribution < -0.4 is 5.32 Å². The zero-order valence-electron chi connectivity index (χ0n) is 6.20. The summed E-state index contributed by atoms with van der Waals surface area (Å²) in [6, 6.07) is 0.750. The van der Waals surface area contributed by atoms with E-state index in [2.05, 4.69) is 19.2 Å². The molecule has 0 radical (unpaired) electrons. The van der Waals surface area contributed by atoms with Gasteiger partial charge in [-0.25, -0.2) is 0 Å². The third kappa shape index (κ3) is 3.03. The van der Waals surface area contributed by atoms with Crippen LogP contribution in [-0.4, -0.2) is 13.1 Å². The molecule has 0 heterocycles. The second-order valence-electron chi connectivity index (χ2n) is 2.18. The predicted molar refractivity (Wildman–Crippen MR) is 38.0 cm³/mol. The lowest BCUT2D eigenvalue weighted by Crippen LogP contribution is -2.23. The van der Waals surface area contributed by atoms with E-state index in [9.17, 15) is 0 Å². The Bertz CT molecular complexity index is 39.7. The van der Waals surface area contributed by atoms with Gasteiger partial charge in [-0.2, -0.15) is 0 Å². The van der Waals surface area contributed by atoms with E-state index in [1.54, 1.807) is 0 Å². The second kappa shape index (κ2) is 5.10. The first-order valence-corrected chi connectivity index (χ1v) is 3.52. The first kappa shape index (κ1) is 7.96. The molecule has 1 nitrogen and oxygen atoms in total. The van der Waals surface area contributed by atoms with Crippen molar-refractivity contribution in [2.45, 2.75) is 39.2 Å². The molecule has 0 spiro atoms. The summed E-state index contributed by atoms with van der Waals surface area (Å²) in [4.78, 5) is 0. The number of hydrogen-bond donors (Lipinski definition) is 1. The maximum absolute atomic E-state index is 3.25. The van der Waals surface area contributed by atoms with E-state index in [1.807, 2.05) is 7.05 Å². The summed E-state index contributed by atoms with van der Waals surface area (Å²) < 4.78 is 0. The molecule has 0 saturated carbocycles. The van der Waals surface area contributed by atoms with Gasteiger partial charge in [-0.15, -0.1) is 0 Å². The van der Waals surface area contributed by atoms with Crippen LogP contribution in [0.1, 0.15) is 33.1 Å². The van der Waals surface area contributed by atoms with Crippen molar-refractivity contribution in [2.24, 2.45) is 0 Å². The lowest BCUT2D eigenvalue weighted by Gasteiger charge is -2.10. The Morgan fingerprint density at radius 1 is 1.38 bits per heavy atom. The van der Waals surface area contributed by atoms with Gasteiger partial charge in [0.25, 0.3) is 0 Å². The molecule has 0 bridgehead atoms. The molecule has 0 aromatic carbocycles. The lowest BCUT2D eigenvalue weighted by molar-refractivity contribution is 0.503. The number of hydrogen-bond acceptors (Lipinski definition) is 1. The molecule has 0 aliphatic heterocycles. The predicted octanol–water partition coefficient (Wildman–Crippen LogP) is 1.78. The maximum atomic E-state index is 3.25. The molecular formula is C7H17N. The minimum absolute atomic E-state index is 0.750. The molecule has 0 aliphatic rings. The summed E-state index contributed by atoms with van der Waals surface area (Å²) in [5.41, 5.74) is 0. The van der Waals surface area contributed by atoms with E-state index in [0.717, 1.165) is 6.04 Å². The number of rotatable bonds is 4. The van der Waals surface area contributed by atoms with Crippen molar-refractivity contribution in [1.29, 1.82) is 0 Å². The fourth-order valence-corrected chi connectivity index (χ4v) is 0.901. The van der Waals surface area contributed by atoms with Gasteiger partial charge in [0.1, 0.15) is 0 Å². The third-order valence-corrected chi connectivity index (χ3v) is 1.54. The Morgan fingerprint density at radius 2 is 2.00 bits per heavy atom. The largest absolute Gasteiger partial charge is 0.317 e. The molecular weight excluding hydrogens is 98.1 g/mol. The highest BCUT2D eigenvalue weighted by molar-refractivity contribution is 4.59. The van der Waals surface area contributed by atoms with Gasteiger partial charge in [0.15, 0.2) is 0 Å². The van der Waals surface area contributed by atoms with Crippen LogP contribution in [0.4, 0.5) is 0 Å². The normalized spacial score (nSPS) is 13.9. The molecule has 1 atom stereocenters. The average molecular weight is 115 g/mol. The van der Waals surface area contributed by atoms with Crippen LogP contribution in [0.5, 0.6) is 0 Å². The van der Waals surface area contributed by atoms with Crippen molar-refractivity contribution >= 4 is 0 Å². The quantitative estimate of drug-likeness (QED) is 0.589. The van der Waals surface area contributed by atoms with E-state index in [-0.39, 0.29) is 0 Å². The smallest absolute Gasteiger partial charge is 0.00613 e. The summed E-state index contributed by atoms with van der Waals surface area (Å²) in [5, 5.41) is 3.25. The Morgan fingerprint density at radius 3 is 2.12 bits per heavy atom. The average Bonchev–Trinajstić information content (AvgIpc) is 1.83. The molecule has 0 aromatic rings. The standard InChI is InChI=1S/C7H17N/c1-4-6-7(5-2)8-3/h7-8H,4-6H2,1-3H3. The minimum atomic E-state index is 0.750. The Balaban J connectivity index is 3.07. The van der Waals surface area contributed by atoms with Crippen molar-refractivity contribution in [3.63, 3.8) is 0 Å². The van der Waals surface area contributed by atoms with Crippen LogP contribution in [0, 0.1) is 0 Å². The van der Waals surface area contributed by atoms with E-state index in [4.69, 9.17) is 0 Å². The van der Waals surface area contributed by atoms with Gasteiger partial charge in [-0.05, 0) is 19.9 Å². The van der Waals surface area contributed by atoms with Gasteiger partial charge in [-0.1, -0.05) is 20.3 Å². The molecule has 1 heteroatoms. The summed E-state index contributed by atoms with van der Waals surface area (Å²) >= 11 is 0.